The van der Waals surface area contributed by atoms with Crippen LogP contribution in [0.4, 0.5) is 8.78 Å². The zero-order valence-corrected chi connectivity index (χ0v) is 22.0. The van der Waals surface area contributed by atoms with Gasteiger partial charge in [0.05, 0.1) is 5.75 Å². The molecule has 198 valence electrons. The van der Waals surface area contributed by atoms with Gasteiger partial charge < -0.3 is 0 Å². The second kappa shape index (κ2) is 10.7. The van der Waals surface area contributed by atoms with Gasteiger partial charge in [-0.05, 0) is 78.5 Å². The van der Waals surface area contributed by atoms with Crippen LogP contribution in [0.15, 0.2) is 12.1 Å². The molecule has 0 atom stereocenters. The zero-order valence-electron chi connectivity index (χ0n) is 20.4. The first kappa shape index (κ1) is 27.0. The van der Waals surface area contributed by atoms with Crippen LogP contribution in [-0.2, 0) is 25.7 Å². The topological polar surface area (TPSA) is 88.5 Å². The average Bonchev–Trinajstić information content (AvgIpc) is 2.85. The lowest BCUT2D eigenvalue weighted by Gasteiger charge is -2.33. The maximum atomic E-state index is 14.5. The standard InChI is InChI=1S/C26H38F2O5S2/c27-26(28,35(31,32)33)34(29,30)18-25-23(20-12-6-2-7-13-20)16-22(19-10-4-1-5-11-19)17-24(25)21-14-8-3-9-15-21/h16-17,19-21H,1-15,18H2,(H,31,32,33). The summed E-state index contributed by atoms with van der Waals surface area (Å²) < 4.78 is 81.2. The third-order valence-corrected chi connectivity index (χ3v) is 11.9. The molecular weight excluding hydrogens is 494 g/mol. The van der Waals surface area contributed by atoms with Crippen molar-refractivity contribution in [3.05, 3.63) is 34.4 Å². The minimum Gasteiger partial charge on any atom is -0.280 e. The Kier molecular flexibility index (Phi) is 8.28. The number of halogens is 2. The van der Waals surface area contributed by atoms with Gasteiger partial charge in [-0.15, -0.1) is 0 Å². The van der Waals surface area contributed by atoms with Gasteiger partial charge in [-0.2, -0.15) is 17.2 Å². The Morgan fingerprint density at radius 3 is 1.43 bits per heavy atom. The summed E-state index contributed by atoms with van der Waals surface area (Å²) in [6.45, 7) is 0. The summed E-state index contributed by atoms with van der Waals surface area (Å²) in [6.07, 6.45) is 15.4. The predicted octanol–water partition coefficient (Wildman–Crippen LogP) is 7.18. The van der Waals surface area contributed by atoms with Gasteiger partial charge in [0, 0.05) is 0 Å². The van der Waals surface area contributed by atoms with Crippen LogP contribution in [0.1, 0.15) is 136 Å². The molecule has 0 aromatic heterocycles. The molecule has 0 heterocycles. The molecule has 0 spiro atoms. The van der Waals surface area contributed by atoms with Crippen LogP contribution in [0.3, 0.4) is 0 Å². The van der Waals surface area contributed by atoms with Crippen molar-refractivity contribution in [3.63, 3.8) is 0 Å². The first-order valence-electron chi connectivity index (χ1n) is 13.2. The van der Waals surface area contributed by atoms with Crippen molar-refractivity contribution < 1.29 is 30.2 Å². The molecule has 1 aromatic rings. The average molecular weight is 533 g/mol. The van der Waals surface area contributed by atoms with Crippen molar-refractivity contribution in [1.82, 2.24) is 0 Å². The summed E-state index contributed by atoms with van der Waals surface area (Å²) in [5.74, 6) is -0.515. The SMILES string of the molecule is O=S(=O)(O)C(F)(F)S(=O)(=O)Cc1c(C2CCCCC2)cc(C2CCCCC2)cc1C1CCCCC1. The van der Waals surface area contributed by atoms with Gasteiger partial charge in [-0.25, -0.2) is 8.42 Å². The highest BCUT2D eigenvalue weighted by atomic mass is 32.3. The lowest BCUT2D eigenvalue weighted by Crippen LogP contribution is -2.38. The zero-order chi connectivity index (χ0) is 25.3. The molecule has 0 aliphatic heterocycles. The highest BCUT2D eigenvalue weighted by molar-refractivity contribution is 8.07. The van der Waals surface area contributed by atoms with E-state index in [9.17, 15) is 25.6 Å². The Bertz CT molecular complexity index is 1060. The summed E-state index contributed by atoms with van der Waals surface area (Å²) >= 11 is 0. The number of alkyl halides is 2. The third-order valence-electron chi connectivity index (χ3n) is 8.50. The molecule has 0 saturated heterocycles. The summed E-state index contributed by atoms with van der Waals surface area (Å²) in [5.41, 5.74) is 3.20. The fourth-order valence-corrected chi connectivity index (χ4v) is 8.91. The number of sulfone groups is 1. The maximum absolute atomic E-state index is 14.5. The number of hydrogen-bond acceptors (Lipinski definition) is 4. The van der Waals surface area contributed by atoms with E-state index in [1.54, 1.807) is 0 Å². The molecule has 3 saturated carbocycles. The largest absolute Gasteiger partial charge is 0.470 e. The second-order valence-corrected chi connectivity index (χ2v) is 14.6. The van der Waals surface area contributed by atoms with Crippen LogP contribution in [0, 0.1) is 0 Å². The highest BCUT2D eigenvalue weighted by Gasteiger charge is 2.57. The van der Waals surface area contributed by atoms with Gasteiger partial charge in [-0.1, -0.05) is 69.9 Å². The summed E-state index contributed by atoms with van der Waals surface area (Å²) in [5, 5.41) is 0. The number of rotatable bonds is 7. The van der Waals surface area contributed by atoms with E-state index in [4.69, 9.17) is 4.55 Å². The molecule has 0 amide bonds. The van der Waals surface area contributed by atoms with Crippen LogP contribution in [0.5, 0.6) is 0 Å². The van der Waals surface area contributed by atoms with Crippen molar-refractivity contribution in [2.45, 2.75) is 124 Å². The fourth-order valence-electron chi connectivity index (χ4n) is 6.57. The smallest absolute Gasteiger partial charge is 0.280 e. The van der Waals surface area contributed by atoms with Crippen LogP contribution in [0.2, 0.25) is 0 Å². The first-order chi connectivity index (χ1) is 16.5. The maximum Gasteiger partial charge on any atom is 0.470 e. The van der Waals surface area contributed by atoms with Gasteiger partial charge in [0.25, 0.3) is 0 Å². The minimum absolute atomic E-state index is 0.0826. The Morgan fingerprint density at radius 1 is 0.686 bits per heavy atom. The van der Waals surface area contributed by atoms with Crippen LogP contribution < -0.4 is 0 Å². The quantitative estimate of drug-likeness (QED) is 0.376. The van der Waals surface area contributed by atoms with Crippen molar-refractivity contribution >= 4 is 20.0 Å². The highest BCUT2D eigenvalue weighted by Crippen LogP contribution is 2.45. The Balaban J connectivity index is 1.87. The molecule has 0 unspecified atom stereocenters. The van der Waals surface area contributed by atoms with Gasteiger partial charge in [0.1, 0.15) is 0 Å². The molecule has 1 N–H and O–H groups in total. The molecule has 3 aliphatic carbocycles. The van der Waals surface area contributed by atoms with E-state index < -0.39 is 30.3 Å². The van der Waals surface area contributed by atoms with Gasteiger partial charge >= 0.3 is 14.7 Å². The lowest BCUT2D eigenvalue weighted by atomic mass is 9.74. The molecule has 3 fully saturated rings. The fraction of sp³-hybridized carbons (Fsp3) is 0.769. The normalized spacial score (nSPS) is 22.4. The molecule has 4 rings (SSSR count). The van der Waals surface area contributed by atoms with Gasteiger partial charge in [0.15, 0.2) is 0 Å². The Hall–Kier alpha value is -1.06. The van der Waals surface area contributed by atoms with Gasteiger partial charge in [0.2, 0.25) is 9.84 Å². The third kappa shape index (κ3) is 5.77. The Labute approximate surface area is 208 Å². The summed E-state index contributed by atoms with van der Waals surface area (Å²) in [6, 6.07) is 4.13. The van der Waals surface area contributed by atoms with Crippen LogP contribution >= 0.6 is 0 Å². The molecular formula is C26H38F2O5S2. The van der Waals surface area contributed by atoms with Crippen molar-refractivity contribution in [2.24, 2.45) is 0 Å². The first-order valence-corrected chi connectivity index (χ1v) is 16.3. The minimum atomic E-state index is -6.10. The number of hydrogen-bond donors (Lipinski definition) is 1. The van der Waals surface area contributed by atoms with E-state index in [2.05, 4.69) is 12.1 Å². The van der Waals surface area contributed by atoms with Crippen molar-refractivity contribution in [1.29, 1.82) is 0 Å². The molecule has 9 heteroatoms. The molecule has 1 aromatic carbocycles. The van der Waals surface area contributed by atoms with E-state index in [0.29, 0.717) is 11.5 Å². The van der Waals surface area contributed by atoms with Crippen molar-refractivity contribution in [3.8, 4) is 0 Å². The lowest BCUT2D eigenvalue weighted by molar-refractivity contribution is 0.166. The monoisotopic (exact) mass is 532 g/mol. The van der Waals surface area contributed by atoms with Crippen LogP contribution in [-0.4, -0.2) is 26.0 Å². The number of benzene rings is 1. The molecule has 3 aliphatic rings. The second-order valence-electron chi connectivity index (χ2n) is 10.9. The van der Waals surface area contributed by atoms with E-state index in [0.717, 1.165) is 101 Å². The van der Waals surface area contributed by atoms with E-state index in [1.165, 1.54) is 12.0 Å². The van der Waals surface area contributed by atoms with Gasteiger partial charge in [-0.3, -0.25) is 4.55 Å². The van der Waals surface area contributed by atoms with E-state index >= 15 is 0 Å². The molecule has 0 radical (unpaired) electrons. The molecule has 0 bridgehead atoms. The van der Waals surface area contributed by atoms with Crippen molar-refractivity contribution in [2.75, 3.05) is 0 Å². The summed E-state index contributed by atoms with van der Waals surface area (Å²) in [4.78, 5) is 0. The van der Waals surface area contributed by atoms with Crippen LogP contribution in [0.25, 0.3) is 0 Å². The van der Waals surface area contributed by atoms with E-state index in [-0.39, 0.29) is 11.8 Å². The predicted molar refractivity (Wildman–Crippen MR) is 133 cm³/mol. The summed E-state index contributed by atoms with van der Waals surface area (Å²) in [7, 11) is -11.6. The molecule has 5 nitrogen and oxygen atoms in total. The Morgan fingerprint density at radius 2 is 1.06 bits per heavy atom. The van der Waals surface area contributed by atoms with E-state index in [1.807, 2.05) is 0 Å². The molecule has 35 heavy (non-hydrogen) atoms.